The third-order valence-corrected chi connectivity index (χ3v) is 9.13. The maximum absolute atomic E-state index is 12.2. The van der Waals surface area contributed by atoms with Gasteiger partial charge in [-0.3, -0.25) is 13.9 Å². The molecule has 28 heavy (non-hydrogen) atoms. The number of rotatable bonds is 1. The van der Waals surface area contributed by atoms with Gasteiger partial charge in [0, 0.05) is 5.92 Å². The lowest BCUT2D eigenvalue weighted by Gasteiger charge is -2.60. The Morgan fingerprint density at radius 3 is 2.07 bits per heavy atom. The first kappa shape index (κ1) is 22.2. The summed E-state index contributed by atoms with van der Waals surface area (Å²) < 4.78 is 31.6. The summed E-state index contributed by atoms with van der Waals surface area (Å²) in [4.78, 5) is 12.2. The van der Waals surface area contributed by atoms with Crippen LogP contribution in [0.4, 0.5) is 0 Å². The Bertz CT molecular complexity index is 698. The first-order valence-electron chi connectivity index (χ1n) is 10.7. The number of Topliss-reactive ketones (excluding diaryl/α,β-unsaturated/α-hetero) is 1. The summed E-state index contributed by atoms with van der Waals surface area (Å²) >= 11 is 0. The summed E-state index contributed by atoms with van der Waals surface area (Å²) in [6.45, 7) is 6.80. The molecule has 0 bridgehead atoms. The molecule has 0 amide bonds. The molecule has 0 saturated heterocycles. The summed E-state index contributed by atoms with van der Waals surface area (Å²) in [5.74, 6) is 3.97. The van der Waals surface area contributed by atoms with Gasteiger partial charge in [0.1, 0.15) is 5.78 Å². The van der Waals surface area contributed by atoms with E-state index in [1.54, 1.807) is 0 Å². The van der Waals surface area contributed by atoms with Crippen LogP contribution in [0.15, 0.2) is 0 Å². The van der Waals surface area contributed by atoms with E-state index >= 15 is 0 Å². The van der Waals surface area contributed by atoms with Gasteiger partial charge >= 0.3 is 10.4 Å². The molecule has 7 heteroatoms. The largest absolute Gasteiger partial charge is 0.394 e. The van der Waals surface area contributed by atoms with Crippen LogP contribution >= 0.6 is 0 Å². The minimum absolute atomic E-state index is 0.0490. The molecule has 0 heterocycles. The zero-order valence-electron chi connectivity index (χ0n) is 17.3. The molecule has 0 aliphatic heterocycles. The SMILES string of the molecule is CC(=O)[C@H]1CC[C@H]2[C@@H]3CC[C@@H]4C[C@H](O)CC[C@]4(C)[C@H]3CC[C@]12C.O=S(=O)(O)O. The molecule has 4 saturated carbocycles. The van der Waals surface area contributed by atoms with E-state index in [4.69, 9.17) is 17.5 Å². The molecule has 6 nitrogen and oxygen atoms in total. The van der Waals surface area contributed by atoms with Crippen molar-refractivity contribution in [3.8, 4) is 0 Å². The summed E-state index contributed by atoms with van der Waals surface area (Å²) in [5, 5.41) is 10.1. The van der Waals surface area contributed by atoms with Gasteiger partial charge in [0.05, 0.1) is 6.10 Å². The molecular formula is C21H36O6S. The van der Waals surface area contributed by atoms with Crippen molar-refractivity contribution in [2.24, 2.45) is 40.4 Å². The topological polar surface area (TPSA) is 112 Å². The fourth-order valence-corrected chi connectivity index (χ4v) is 7.90. The van der Waals surface area contributed by atoms with Crippen molar-refractivity contribution in [3.05, 3.63) is 0 Å². The Kier molecular flexibility index (Phi) is 6.05. The maximum Gasteiger partial charge on any atom is 0.394 e. The third kappa shape index (κ3) is 4.05. The molecule has 162 valence electrons. The van der Waals surface area contributed by atoms with E-state index in [0.717, 1.165) is 42.9 Å². The van der Waals surface area contributed by atoms with Crippen LogP contribution in [0.2, 0.25) is 0 Å². The lowest BCUT2D eigenvalue weighted by atomic mass is 9.44. The predicted molar refractivity (Wildman–Crippen MR) is 106 cm³/mol. The molecule has 3 N–H and O–H groups in total. The minimum Gasteiger partial charge on any atom is -0.393 e. The average Bonchev–Trinajstić information content (AvgIpc) is 2.91. The van der Waals surface area contributed by atoms with Gasteiger partial charge < -0.3 is 5.11 Å². The fraction of sp³-hybridized carbons (Fsp3) is 0.952. The van der Waals surface area contributed by atoms with E-state index in [-0.39, 0.29) is 11.5 Å². The molecular weight excluding hydrogens is 380 g/mol. The van der Waals surface area contributed by atoms with Crippen LogP contribution in [0.25, 0.3) is 0 Å². The Morgan fingerprint density at radius 1 is 0.893 bits per heavy atom. The van der Waals surface area contributed by atoms with Gasteiger partial charge in [0.15, 0.2) is 0 Å². The van der Waals surface area contributed by atoms with Crippen LogP contribution in [-0.4, -0.2) is 34.5 Å². The molecule has 0 aromatic carbocycles. The first-order chi connectivity index (χ1) is 12.9. The number of aliphatic hydroxyl groups is 1. The van der Waals surface area contributed by atoms with Crippen molar-refractivity contribution < 1.29 is 27.4 Å². The number of aliphatic hydroxyl groups excluding tert-OH is 1. The molecule has 0 radical (unpaired) electrons. The van der Waals surface area contributed by atoms with Crippen LogP contribution in [0, 0.1) is 40.4 Å². The number of carbonyl (C=O) groups excluding carboxylic acids is 1. The van der Waals surface area contributed by atoms with Crippen molar-refractivity contribution in [2.45, 2.75) is 84.7 Å². The molecule has 0 spiro atoms. The Morgan fingerprint density at radius 2 is 1.46 bits per heavy atom. The van der Waals surface area contributed by atoms with Crippen molar-refractivity contribution in [1.29, 1.82) is 0 Å². The quantitative estimate of drug-likeness (QED) is 0.558. The Hall–Kier alpha value is -0.500. The third-order valence-electron chi connectivity index (χ3n) is 9.13. The summed E-state index contributed by atoms with van der Waals surface area (Å²) in [5.41, 5.74) is 0.738. The van der Waals surface area contributed by atoms with Crippen molar-refractivity contribution in [1.82, 2.24) is 0 Å². The van der Waals surface area contributed by atoms with Gasteiger partial charge in [-0.25, -0.2) is 0 Å². The first-order valence-corrected chi connectivity index (χ1v) is 12.1. The second-order valence-corrected chi connectivity index (χ2v) is 11.2. The average molecular weight is 417 g/mol. The van der Waals surface area contributed by atoms with Gasteiger partial charge in [-0.2, -0.15) is 8.42 Å². The van der Waals surface area contributed by atoms with E-state index in [9.17, 15) is 9.90 Å². The smallest absolute Gasteiger partial charge is 0.393 e. The van der Waals surface area contributed by atoms with Crippen molar-refractivity contribution in [3.63, 3.8) is 0 Å². The summed E-state index contributed by atoms with van der Waals surface area (Å²) in [6.07, 6.45) is 10.9. The summed E-state index contributed by atoms with van der Waals surface area (Å²) in [6, 6.07) is 0. The lowest BCUT2D eigenvalue weighted by molar-refractivity contribution is -0.138. The zero-order valence-corrected chi connectivity index (χ0v) is 18.1. The summed E-state index contributed by atoms with van der Waals surface area (Å²) in [7, 11) is -4.67. The number of fused-ring (bicyclic) bond motifs is 5. The molecule has 4 fully saturated rings. The Labute approximate surface area is 169 Å². The highest BCUT2D eigenvalue weighted by Crippen LogP contribution is 2.67. The lowest BCUT2D eigenvalue weighted by Crippen LogP contribution is -2.54. The molecule has 0 aromatic heterocycles. The van der Waals surface area contributed by atoms with Gasteiger partial charge in [-0.1, -0.05) is 13.8 Å². The number of hydrogen-bond donors (Lipinski definition) is 3. The van der Waals surface area contributed by atoms with E-state index in [1.165, 1.54) is 38.5 Å². The maximum atomic E-state index is 12.2. The molecule has 4 aliphatic rings. The Balaban J connectivity index is 0.000000403. The van der Waals surface area contributed by atoms with Crippen LogP contribution in [0.5, 0.6) is 0 Å². The molecule has 4 aliphatic carbocycles. The van der Waals surface area contributed by atoms with Crippen molar-refractivity contribution in [2.75, 3.05) is 0 Å². The second-order valence-electron chi connectivity index (χ2n) is 10.3. The zero-order chi connectivity index (χ0) is 20.9. The second kappa shape index (κ2) is 7.64. The van der Waals surface area contributed by atoms with E-state index < -0.39 is 10.4 Å². The van der Waals surface area contributed by atoms with E-state index in [1.807, 2.05) is 6.92 Å². The standard InChI is InChI=1S/C21H34O2.H2O4S/c1-13(22)17-6-7-18-16-5-4-14-12-15(23)8-10-20(14,2)19(16)9-11-21(17,18)3;1-5(2,3)4/h14-19,23H,4-12H2,1-3H3;(H2,1,2,3,4)/t14-,15-,16+,17-,18+,19+,20+,21-;/m1./s1. The fourth-order valence-electron chi connectivity index (χ4n) is 7.90. The molecule has 0 unspecified atom stereocenters. The monoisotopic (exact) mass is 416 g/mol. The highest BCUT2D eigenvalue weighted by molar-refractivity contribution is 7.79. The highest BCUT2D eigenvalue weighted by atomic mass is 32.3. The van der Waals surface area contributed by atoms with Gasteiger partial charge in [0.25, 0.3) is 0 Å². The van der Waals surface area contributed by atoms with Gasteiger partial charge in [0.2, 0.25) is 0 Å². The van der Waals surface area contributed by atoms with Crippen LogP contribution in [0.3, 0.4) is 0 Å². The molecule has 0 aromatic rings. The number of carbonyl (C=O) groups is 1. The van der Waals surface area contributed by atoms with E-state index in [2.05, 4.69) is 13.8 Å². The predicted octanol–water partition coefficient (Wildman–Crippen LogP) is 3.94. The molecule has 4 rings (SSSR count). The highest BCUT2D eigenvalue weighted by Gasteiger charge is 2.60. The minimum atomic E-state index is -4.67. The number of ketones is 1. The van der Waals surface area contributed by atoms with Crippen molar-refractivity contribution >= 4 is 16.2 Å². The van der Waals surface area contributed by atoms with E-state index in [0.29, 0.717) is 17.1 Å². The van der Waals surface area contributed by atoms with Crippen LogP contribution < -0.4 is 0 Å². The van der Waals surface area contributed by atoms with Gasteiger partial charge in [-0.15, -0.1) is 0 Å². The van der Waals surface area contributed by atoms with Gasteiger partial charge in [-0.05, 0) is 99.2 Å². The normalized spacial score (nSPS) is 47.8. The van der Waals surface area contributed by atoms with Crippen LogP contribution in [-0.2, 0) is 15.2 Å². The number of hydrogen-bond acceptors (Lipinski definition) is 4. The van der Waals surface area contributed by atoms with Crippen LogP contribution in [0.1, 0.15) is 78.6 Å². The molecule has 8 atom stereocenters.